The van der Waals surface area contributed by atoms with Crippen molar-refractivity contribution in [1.29, 1.82) is 0 Å². The molecule has 170 valence electrons. The van der Waals surface area contributed by atoms with E-state index in [2.05, 4.69) is 19.5 Å². The molecule has 15 heteroatoms. The largest absolute Gasteiger partial charge is 0.529 e. The summed E-state index contributed by atoms with van der Waals surface area (Å²) in [6.07, 6.45) is -2.83. The van der Waals surface area contributed by atoms with Crippen molar-refractivity contribution in [1.82, 2.24) is 19.5 Å². The van der Waals surface area contributed by atoms with Crippen molar-refractivity contribution in [2.75, 3.05) is 18.1 Å². The van der Waals surface area contributed by atoms with Gasteiger partial charge in [0.15, 0.2) is 17.7 Å². The number of benzene rings is 1. The van der Waals surface area contributed by atoms with E-state index in [0.29, 0.717) is 5.69 Å². The van der Waals surface area contributed by atoms with Gasteiger partial charge in [-0.05, 0) is 24.3 Å². The zero-order valence-corrected chi connectivity index (χ0v) is 17.1. The van der Waals surface area contributed by atoms with E-state index in [1.165, 1.54) is 41.5 Å². The normalized spacial score (nSPS) is 25.0. The summed E-state index contributed by atoms with van der Waals surface area (Å²) >= 11 is 0. The Hall–Kier alpha value is -3.13. The molecule has 0 saturated carbocycles. The Morgan fingerprint density at radius 3 is 2.59 bits per heavy atom. The summed E-state index contributed by atoms with van der Waals surface area (Å²) in [6.45, 7) is -0.665. The number of phosphoric ester groups is 1. The number of phosphoric acid groups is 1. The lowest BCUT2D eigenvalue weighted by molar-refractivity contribution is -0.0508. The first-order chi connectivity index (χ1) is 15.2. The maximum Gasteiger partial charge on any atom is 0.529 e. The van der Waals surface area contributed by atoms with Crippen LogP contribution in [0.1, 0.15) is 16.6 Å². The number of rotatable bonds is 6. The Morgan fingerprint density at radius 1 is 1.16 bits per heavy atom. The second-order valence-electron chi connectivity index (χ2n) is 6.89. The molecule has 4 rings (SSSR count). The van der Waals surface area contributed by atoms with Gasteiger partial charge in [0.2, 0.25) is 0 Å². The molecule has 14 nitrogen and oxygen atoms in total. The lowest BCUT2D eigenvalue weighted by atomic mass is 10.1. The van der Waals surface area contributed by atoms with Crippen LogP contribution in [-0.2, 0) is 18.3 Å². The average Bonchev–Trinajstić information content (AvgIpc) is 3.29. The smallest absolute Gasteiger partial charge is 0.399 e. The first-order valence-corrected chi connectivity index (χ1v) is 10.7. The average molecular weight is 466 g/mol. The molecule has 2 aromatic heterocycles. The first kappa shape index (κ1) is 22.1. The molecule has 0 bridgehead atoms. The molecular formula is C17H19N6O8P. The van der Waals surface area contributed by atoms with Gasteiger partial charge in [-0.3, -0.25) is 14.0 Å². The number of nitrogens with zero attached hydrogens (tertiary/aromatic N) is 4. The minimum absolute atomic E-state index is 0.0158. The lowest BCUT2D eigenvalue weighted by Crippen LogP contribution is -2.33. The van der Waals surface area contributed by atoms with Gasteiger partial charge in [-0.15, -0.1) is 0 Å². The van der Waals surface area contributed by atoms with Crippen LogP contribution in [0.2, 0.25) is 0 Å². The van der Waals surface area contributed by atoms with E-state index in [-0.39, 0.29) is 22.5 Å². The summed E-state index contributed by atoms with van der Waals surface area (Å²) in [6, 6.07) is 5.47. The zero-order chi connectivity index (χ0) is 23.0. The Morgan fingerprint density at radius 2 is 1.88 bits per heavy atom. The minimum Gasteiger partial charge on any atom is -0.399 e. The quantitative estimate of drug-likeness (QED) is 0.231. The predicted molar refractivity (Wildman–Crippen MR) is 108 cm³/mol. The lowest BCUT2D eigenvalue weighted by Gasteiger charge is -2.17. The number of carbonyl (C=O) groups excluding carboxylic acids is 1. The fourth-order valence-electron chi connectivity index (χ4n) is 3.12. The predicted octanol–water partition coefficient (Wildman–Crippen LogP) is -0.416. The van der Waals surface area contributed by atoms with Crippen LogP contribution < -0.4 is 11.5 Å². The van der Waals surface area contributed by atoms with E-state index in [4.69, 9.17) is 20.7 Å². The van der Waals surface area contributed by atoms with E-state index >= 15 is 0 Å². The highest BCUT2D eigenvalue weighted by molar-refractivity contribution is 7.48. The van der Waals surface area contributed by atoms with Gasteiger partial charge in [0.05, 0.1) is 18.5 Å². The van der Waals surface area contributed by atoms with Crippen LogP contribution in [0.4, 0.5) is 11.5 Å². The number of aromatic nitrogens is 4. The maximum absolute atomic E-state index is 12.2. The summed E-state index contributed by atoms with van der Waals surface area (Å²) in [4.78, 5) is 33.8. The number of aliphatic hydroxyl groups excluding tert-OH is 2. The third-order valence-electron chi connectivity index (χ3n) is 4.75. The number of aliphatic hydroxyl groups is 2. The van der Waals surface area contributed by atoms with Gasteiger partial charge in [0.25, 0.3) is 0 Å². The number of hydrogen-bond donors (Lipinski definition) is 5. The van der Waals surface area contributed by atoms with Crippen LogP contribution in [0.15, 0.2) is 36.9 Å². The number of hydrogen-bond acceptors (Lipinski definition) is 12. The van der Waals surface area contributed by atoms with Crippen LogP contribution in [0.3, 0.4) is 0 Å². The summed E-state index contributed by atoms with van der Waals surface area (Å²) in [5.41, 5.74) is 12.2. The third-order valence-corrected chi connectivity index (χ3v) is 5.62. The molecule has 1 aromatic carbocycles. The molecule has 5 atom stereocenters. The topological polar surface area (TPSA) is 218 Å². The van der Waals surface area contributed by atoms with E-state index < -0.39 is 44.9 Å². The second-order valence-corrected chi connectivity index (χ2v) is 8.27. The Kier molecular flexibility index (Phi) is 5.81. The van der Waals surface area contributed by atoms with Crippen LogP contribution in [0.25, 0.3) is 11.2 Å². The van der Waals surface area contributed by atoms with Gasteiger partial charge < -0.3 is 30.9 Å². The van der Waals surface area contributed by atoms with Crippen molar-refractivity contribution >= 4 is 36.5 Å². The van der Waals surface area contributed by atoms with Crippen molar-refractivity contribution in [2.45, 2.75) is 24.5 Å². The summed E-state index contributed by atoms with van der Waals surface area (Å²) in [5.74, 6) is -0.991. The van der Waals surface area contributed by atoms with Crippen molar-refractivity contribution in [3.63, 3.8) is 0 Å². The molecule has 0 spiro atoms. The molecule has 1 saturated heterocycles. The molecule has 3 aromatic rings. The number of imidazole rings is 1. The Balaban J connectivity index is 1.42. The molecule has 1 aliphatic heterocycles. The van der Waals surface area contributed by atoms with Crippen LogP contribution in [0, 0.1) is 0 Å². The summed E-state index contributed by atoms with van der Waals surface area (Å²) < 4.78 is 28.4. The number of fused-ring (bicyclic) bond motifs is 1. The van der Waals surface area contributed by atoms with Gasteiger partial charge in [-0.25, -0.2) is 24.3 Å². The zero-order valence-electron chi connectivity index (χ0n) is 16.3. The SMILES string of the molecule is Nc1ccc(C(=O)OP(=O)(O)OC[C@H]2O[C@@H](n3cnc4c(N)ncnc43)[C@H](O)[C@@H]2O)cc1. The maximum atomic E-state index is 12.2. The summed E-state index contributed by atoms with van der Waals surface area (Å²) in [5, 5.41) is 20.7. The van der Waals surface area contributed by atoms with Crippen molar-refractivity contribution < 1.29 is 38.3 Å². The Labute approximate surface area is 180 Å². The standard InChI is InChI=1S/C17H19N6O8P/c18-9-3-1-8(2-4-9)17(26)31-32(27,28)29-5-10-12(24)13(25)16(30-10)23-7-22-11-14(19)20-6-21-15(11)23/h1-4,6-7,10,12-13,16,24-25H,5,18H2,(H,27,28)(H2,19,20,21)/t10-,12-,13-,16-/m1/s1. The molecule has 32 heavy (non-hydrogen) atoms. The van der Waals surface area contributed by atoms with E-state index in [9.17, 15) is 24.5 Å². The molecule has 7 N–H and O–H groups in total. The number of nitrogen functional groups attached to an aromatic ring is 2. The molecule has 1 unspecified atom stereocenters. The highest BCUT2D eigenvalue weighted by Crippen LogP contribution is 2.45. The van der Waals surface area contributed by atoms with E-state index in [1.807, 2.05) is 0 Å². The molecular weight excluding hydrogens is 447 g/mol. The third kappa shape index (κ3) is 4.27. The van der Waals surface area contributed by atoms with Gasteiger partial charge >= 0.3 is 13.8 Å². The summed E-state index contributed by atoms with van der Waals surface area (Å²) in [7, 11) is -4.86. The van der Waals surface area contributed by atoms with Gasteiger partial charge in [-0.1, -0.05) is 0 Å². The number of anilines is 2. The number of nitrogens with two attached hydrogens (primary N) is 2. The van der Waals surface area contributed by atoms with Crippen molar-refractivity contribution in [2.24, 2.45) is 0 Å². The van der Waals surface area contributed by atoms with E-state index in [0.717, 1.165) is 0 Å². The second kappa shape index (κ2) is 8.43. The highest BCUT2D eigenvalue weighted by atomic mass is 31.2. The van der Waals surface area contributed by atoms with Gasteiger partial charge in [0, 0.05) is 5.69 Å². The molecule has 1 aliphatic rings. The van der Waals surface area contributed by atoms with Gasteiger partial charge in [0.1, 0.15) is 30.2 Å². The van der Waals surface area contributed by atoms with Gasteiger partial charge in [-0.2, -0.15) is 0 Å². The van der Waals surface area contributed by atoms with Crippen molar-refractivity contribution in [3.8, 4) is 0 Å². The van der Waals surface area contributed by atoms with Crippen molar-refractivity contribution in [3.05, 3.63) is 42.5 Å². The monoisotopic (exact) mass is 466 g/mol. The molecule has 0 aliphatic carbocycles. The molecule has 0 amide bonds. The van der Waals surface area contributed by atoms with E-state index in [1.54, 1.807) is 0 Å². The Bertz CT molecular complexity index is 1190. The van der Waals surface area contributed by atoms with Crippen LogP contribution in [-0.4, -0.2) is 65.5 Å². The van der Waals surface area contributed by atoms with Crippen LogP contribution in [0.5, 0.6) is 0 Å². The molecule has 3 heterocycles. The minimum atomic E-state index is -4.86. The molecule has 0 radical (unpaired) electrons. The number of carbonyl (C=O) groups is 1. The first-order valence-electron chi connectivity index (χ1n) is 9.17. The highest BCUT2D eigenvalue weighted by Gasteiger charge is 2.45. The number of ether oxygens (including phenoxy) is 1. The molecule has 1 fully saturated rings. The van der Waals surface area contributed by atoms with Crippen LogP contribution >= 0.6 is 7.82 Å². The fraction of sp³-hybridized carbons (Fsp3) is 0.294. The fourth-order valence-corrected chi connectivity index (χ4v) is 3.83.